The number of nitrogens with two attached hydrogens (primary N) is 1. The SMILES string of the molecule is CC(C)(C)c1cc([C@H]2CC[C@@H](C(F)(F)F)CC2)c(-c2cc(=O)c3c(C(N)=O)nccc3[nH]2)cn1. The summed E-state index contributed by atoms with van der Waals surface area (Å²) < 4.78 is 39.7. The molecular formula is C25H27F3N4O2. The largest absolute Gasteiger partial charge is 0.391 e. The molecule has 0 bridgehead atoms. The minimum atomic E-state index is -4.18. The van der Waals surface area contributed by atoms with Crippen LogP contribution in [0.15, 0.2) is 35.4 Å². The summed E-state index contributed by atoms with van der Waals surface area (Å²) in [5, 5.41) is 0.102. The van der Waals surface area contributed by atoms with Crippen molar-refractivity contribution in [1.29, 1.82) is 0 Å². The molecule has 0 aliphatic heterocycles. The van der Waals surface area contributed by atoms with Gasteiger partial charge in [-0.15, -0.1) is 0 Å². The van der Waals surface area contributed by atoms with Gasteiger partial charge in [0.2, 0.25) is 0 Å². The Hall–Kier alpha value is -3.23. The Morgan fingerprint density at radius 1 is 1.09 bits per heavy atom. The van der Waals surface area contributed by atoms with Gasteiger partial charge in [-0.05, 0) is 49.3 Å². The maximum Gasteiger partial charge on any atom is 0.391 e. The van der Waals surface area contributed by atoms with Crippen LogP contribution in [0.4, 0.5) is 13.2 Å². The number of H-pyrrole nitrogens is 1. The van der Waals surface area contributed by atoms with Crippen molar-refractivity contribution in [2.24, 2.45) is 11.7 Å². The molecular weight excluding hydrogens is 445 g/mol. The molecule has 0 atom stereocenters. The average Bonchev–Trinajstić information content (AvgIpc) is 2.77. The number of pyridine rings is 3. The van der Waals surface area contributed by atoms with Crippen molar-refractivity contribution in [3.05, 3.63) is 57.8 Å². The average molecular weight is 473 g/mol. The Morgan fingerprint density at radius 2 is 1.76 bits per heavy atom. The molecule has 1 amide bonds. The van der Waals surface area contributed by atoms with E-state index in [0.717, 1.165) is 11.3 Å². The summed E-state index contributed by atoms with van der Waals surface area (Å²) in [4.78, 5) is 36.4. The highest BCUT2D eigenvalue weighted by Crippen LogP contribution is 2.45. The molecule has 0 radical (unpaired) electrons. The molecule has 3 aromatic rings. The summed E-state index contributed by atoms with van der Waals surface area (Å²) in [7, 11) is 0. The molecule has 1 aliphatic carbocycles. The zero-order valence-electron chi connectivity index (χ0n) is 19.3. The highest BCUT2D eigenvalue weighted by atomic mass is 19.4. The molecule has 180 valence electrons. The van der Waals surface area contributed by atoms with Crippen LogP contribution in [0.2, 0.25) is 0 Å². The topological polar surface area (TPSA) is 102 Å². The smallest absolute Gasteiger partial charge is 0.364 e. The zero-order chi connectivity index (χ0) is 24.8. The fourth-order valence-electron chi connectivity index (χ4n) is 4.71. The molecule has 0 unspecified atom stereocenters. The lowest BCUT2D eigenvalue weighted by Crippen LogP contribution is -2.27. The number of nitrogens with one attached hydrogen (secondary N) is 1. The van der Waals surface area contributed by atoms with Gasteiger partial charge >= 0.3 is 6.18 Å². The van der Waals surface area contributed by atoms with E-state index in [1.807, 2.05) is 26.8 Å². The number of aromatic amines is 1. The molecule has 1 saturated carbocycles. The van der Waals surface area contributed by atoms with Crippen molar-refractivity contribution >= 4 is 16.8 Å². The Bertz CT molecular complexity index is 1300. The second-order valence-corrected chi connectivity index (χ2v) is 9.99. The zero-order valence-corrected chi connectivity index (χ0v) is 19.3. The first kappa shape index (κ1) is 23.9. The van der Waals surface area contributed by atoms with E-state index in [1.54, 1.807) is 12.3 Å². The van der Waals surface area contributed by atoms with Gasteiger partial charge in [0.25, 0.3) is 5.91 Å². The molecule has 0 spiro atoms. The Balaban J connectivity index is 1.83. The summed E-state index contributed by atoms with van der Waals surface area (Å²) in [6.07, 6.45) is -0.165. The van der Waals surface area contributed by atoms with Gasteiger partial charge in [0, 0.05) is 35.1 Å². The fraction of sp³-hybridized carbons (Fsp3) is 0.440. The standard InChI is InChI=1S/C25H27F3N4O2/c1-24(2,3)20-10-15(13-4-6-14(7-5-13)25(26,27)28)16(12-31-20)18-11-19(33)21-17(32-18)8-9-30-22(21)23(29)34/h8-14H,4-7H2,1-3H3,(H2,29,34)(H,32,33)/t13-,14+. The lowest BCUT2D eigenvalue weighted by molar-refractivity contribution is -0.182. The third-order valence-corrected chi connectivity index (χ3v) is 6.60. The minimum absolute atomic E-state index is 0.0721. The van der Waals surface area contributed by atoms with Crippen molar-refractivity contribution in [3.8, 4) is 11.3 Å². The second kappa shape index (κ2) is 8.52. The van der Waals surface area contributed by atoms with Gasteiger partial charge in [0.05, 0.1) is 22.5 Å². The predicted octanol–water partition coefficient (Wildman–Crippen LogP) is 5.22. The van der Waals surface area contributed by atoms with E-state index in [2.05, 4.69) is 15.0 Å². The molecule has 0 saturated heterocycles. The third-order valence-electron chi connectivity index (χ3n) is 6.60. The summed E-state index contributed by atoms with van der Waals surface area (Å²) in [5.74, 6) is -2.17. The number of hydrogen-bond acceptors (Lipinski definition) is 4. The van der Waals surface area contributed by atoms with E-state index in [9.17, 15) is 22.8 Å². The number of halogens is 3. The molecule has 1 fully saturated rings. The molecule has 6 nitrogen and oxygen atoms in total. The fourth-order valence-corrected chi connectivity index (χ4v) is 4.71. The van der Waals surface area contributed by atoms with E-state index < -0.39 is 23.4 Å². The lowest BCUT2D eigenvalue weighted by Gasteiger charge is -2.32. The summed E-state index contributed by atoms with van der Waals surface area (Å²) >= 11 is 0. The van der Waals surface area contributed by atoms with E-state index in [-0.39, 0.29) is 35.3 Å². The van der Waals surface area contributed by atoms with Gasteiger partial charge in [-0.2, -0.15) is 13.2 Å². The van der Waals surface area contributed by atoms with Gasteiger partial charge < -0.3 is 10.7 Å². The van der Waals surface area contributed by atoms with Crippen LogP contribution in [-0.2, 0) is 5.41 Å². The molecule has 34 heavy (non-hydrogen) atoms. The summed E-state index contributed by atoms with van der Waals surface area (Å²) in [6.45, 7) is 6.07. The molecule has 9 heteroatoms. The van der Waals surface area contributed by atoms with Crippen LogP contribution in [0.25, 0.3) is 22.2 Å². The monoisotopic (exact) mass is 472 g/mol. The van der Waals surface area contributed by atoms with E-state index in [0.29, 0.717) is 29.6 Å². The maximum atomic E-state index is 13.2. The van der Waals surface area contributed by atoms with Crippen molar-refractivity contribution in [2.45, 2.75) is 64.0 Å². The molecule has 0 aromatic carbocycles. The number of alkyl halides is 3. The first-order valence-corrected chi connectivity index (χ1v) is 11.3. The van der Waals surface area contributed by atoms with Crippen molar-refractivity contribution in [2.75, 3.05) is 0 Å². The first-order chi connectivity index (χ1) is 15.9. The number of amides is 1. The number of fused-ring (bicyclic) bond motifs is 1. The number of aromatic nitrogens is 3. The van der Waals surface area contributed by atoms with Gasteiger partial charge in [-0.25, -0.2) is 0 Å². The Labute approximate surface area is 194 Å². The van der Waals surface area contributed by atoms with Crippen LogP contribution < -0.4 is 11.2 Å². The highest BCUT2D eigenvalue weighted by Gasteiger charge is 2.42. The van der Waals surface area contributed by atoms with Crippen LogP contribution in [0.3, 0.4) is 0 Å². The number of rotatable bonds is 3. The molecule has 4 rings (SSSR count). The van der Waals surface area contributed by atoms with Crippen molar-refractivity contribution in [3.63, 3.8) is 0 Å². The van der Waals surface area contributed by atoms with E-state index >= 15 is 0 Å². The second-order valence-electron chi connectivity index (χ2n) is 9.99. The summed E-state index contributed by atoms with van der Waals surface area (Å²) in [6, 6.07) is 4.91. The molecule has 3 aromatic heterocycles. The number of carbonyl (C=O) groups is 1. The Kier molecular flexibility index (Phi) is 5.99. The van der Waals surface area contributed by atoms with Crippen LogP contribution in [0.5, 0.6) is 0 Å². The van der Waals surface area contributed by atoms with Crippen molar-refractivity contribution in [1.82, 2.24) is 15.0 Å². The molecule has 3 heterocycles. The van der Waals surface area contributed by atoms with E-state index in [4.69, 9.17) is 5.73 Å². The lowest BCUT2D eigenvalue weighted by atomic mass is 9.76. The number of primary amides is 1. The van der Waals surface area contributed by atoms with Crippen molar-refractivity contribution < 1.29 is 18.0 Å². The summed E-state index contributed by atoms with van der Waals surface area (Å²) in [5.41, 5.74) is 7.84. The van der Waals surface area contributed by atoms with Gasteiger partial charge in [0.1, 0.15) is 5.69 Å². The van der Waals surface area contributed by atoms with Crippen LogP contribution in [-0.4, -0.2) is 27.0 Å². The normalized spacial score (nSPS) is 19.4. The quantitative estimate of drug-likeness (QED) is 0.546. The van der Waals surface area contributed by atoms with Crippen LogP contribution in [0, 0.1) is 5.92 Å². The molecule has 1 aliphatic rings. The third kappa shape index (κ3) is 4.56. The number of nitrogens with zero attached hydrogens (tertiary/aromatic N) is 2. The van der Waals surface area contributed by atoms with Crippen LogP contribution >= 0.6 is 0 Å². The highest BCUT2D eigenvalue weighted by molar-refractivity contribution is 6.03. The van der Waals surface area contributed by atoms with Gasteiger partial charge in [0.15, 0.2) is 5.43 Å². The Morgan fingerprint density at radius 3 is 2.35 bits per heavy atom. The van der Waals surface area contributed by atoms with Gasteiger partial charge in [-0.3, -0.25) is 19.6 Å². The number of carbonyl (C=O) groups excluding carboxylic acids is 1. The van der Waals surface area contributed by atoms with E-state index in [1.165, 1.54) is 12.3 Å². The number of hydrogen-bond donors (Lipinski definition) is 2. The minimum Gasteiger partial charge on any atom is -0.364 e. The maximum absolute atomic E-state index is 13.2. The molecule has 3 N–H and O–H groups in total. The van der Waals surface area contributed by atoms with Crippen LogP contribution in [0.1, 0.15) is 74.1 Å². The predicted molar refractivity (Wildman–Crippen MR) is 124 cm³/mol. The van der Waals surface area contributed by atoms with Gasteiger partial charge in [-0.1, -0.05) is 20.8 Å². The first-order valence-electron chi connectivity index (χ1n) is 11.3.